The van der Waals surface area contributed by atoms with E-state index in [2.05, 4.69) is 21.2 Å². The molecular weight excluding hydrogens is 434 g/mol. The summed E-state index contributed by atoms with van der Waals surface area (Å²) in [5.41, 5.74) is 1.39. The highest BCUT2D eigenvalue weighted by Crippen LogP contribution is 2.21. The maximum Gasteiger partial charge on any atom is 0.264 e. The average Bonchev–Trinajstić information content (AvgIpc) is 2.96. The number of anilines is 1. The van der Waals surface area contributed by atoms with Crippen LogP contribution in [0.3, 0.4) is 0 Å². The van der Waals surface area contributed by atoms with Crippen molar-refractivity contribution in [2.45, 2.75) is 18.4 Å². The van der Waals surface area contributed by atoms with Crippen molar-refractivity contribution in [2.24, 2.45) is 0 Å². The van der Waals surface area contributed by atoms with E-state index in [1.54, 1.807) is 0 Å². The van der Waals surface area contributed by atoms with E-state index in [0.29, 0.717) is 5.69 Å². The molecule has 0 radical (unpaired) electrons. The van der Waals surface area contributed by atoms with Crippen LogP contribution in [-0.4, -0.2) is 24.8 Å². The van der Waals surface area contributed by atoms with Crippen LogP contribution in [0.25, 0.3) is 10.9 Å². The molecule has 0 saturated carbocycles. The lowest BCUT2D eigenvalue weighted by molar-refractivity contribution is -0.117. The second-order valence-electron chi connectivity index (χ2n) is 5.88. The molecule has 1 heterocycles. The molecule has 0 bridgehead atoms. The highest BCUT2D eigenvalue weighted by Gasteiger charge is 2.15. The molecule has 2 amide bonds. The molecule has 0 aliphatic carbocycles. The van der Waals surface area contributed by atoms with E-state index in [1.807, 2.05) is 39.8 Å². The van der Waals surface area contributed by atoms with Gasteiger partial charge < -0.3 is 9.88 Å². The van der Waals surface area contributed by atoms with Crippen molar-refractivity contribution < 1.29 is 18.0 Å². The second kappa shape index (κ2) is 7.53. The molecule has 27 heavy (non-hydrogen) atoms. The number of carbonyl (C=O) groups is 2. The zero-order chi connectivity index (χ0) is 19.6. The Bertz CT molecular complexity index is 1120. The van der Waals surface area contributed by atoms with Crippen molar-refractivity contribution in [3.05, 3.63) is 59.2 Å². The Kier molecular flexibility index (Phi) is 5.33. The maximum atomic E-state index is 12.3. The number of nitrogens with one attached hydrogen (secondary N) is 2. The van der Waals surface area contributed by atoms with Crippen LogP contribution in [0.2, 0.25) is 0 Å². The highest BCUT2D eigenvalue weighted by atomic mass is 79.9. The molecule has 0 unspecified atom stereocenters. The van der Waals surface area contributed by atoms with Gasteiger partial charge in [-0.1, -0.05) is 15.9 Å². The lowest BCUT2D eigenvalue weighted by atomic mass is 10.2. The van der Waals surface area contributed by atoms with Crippen LogP contribution in [0.15, 0.2) is 64.1 Å². The number of sulfonamides is 1. The molecule has 0 saturated heterocycles. The van der Waals surface area contributed by atoms with Gasteiger partial charge in [0.25, 0.3) is 10.0 Å². The summed E-state index contributed by atoms with van der Waals surface area (Å²) < 4.78 is 28.5. The van der Waals surface area contributed by atoms with Gasteiger partial charge in [0.2, 0.25) is 11.8 Å². The third-order valence-corrected chi connectivity index (χ3v) is 5.72. The number of benzene rings is 2. The maximum absolute atomic E-state index is 12.3. The van der Waals surface area contributed by atoms with Crippen LogP contribution >= 0.6 is 15.9 Å². The number of hydrogen-bond donors (Lipinski definition) is 2. The summed E-state index contributed by atoms with van der Waals surface area (Å²) in [5.74, 6) is -0.911. The van der Waals surface area contributed by atoms with Crippen LogP contribution in [-0.2, 0) is 26.2 Å². The van der Waals surface area contributed by atoms with Gasteiger partial charge in [0.15, 0.2) is 0 Å². The average molecular weight is 450 g/mol. The molecular formula is C18H16BrN3O4S. The predicted molar refractivity (Wildman–Crippen MR) is 106 cm³/mol. The predicted octanol–water partition coefficient (Wildman–Crippen LogP) is 2.87. The van der Waals surface area contributed by atoms with Crippen molar-refractivity contribution in [1.29, 1.82) is 0 Å². The molecule has 3 aromatic rings. The standard InChI is InChI=1S/C18H16BrN3O4S/c1-12(23)21-27(25,26)16-5-3-15(4-6-16)20-18(24)11-22-9-8-13-10-14(19)2-7-17(13)22/h2-10H,11H2,1H3,(H,20,24)(H,21,23). The SMILES string of the molecule is CC(=O)NS(=O)(=O)c1ccc(NC(=O)Cn2ccc3cc(Br)ccc32)cc1. The van der Waals surface area contributed by atoms with E-state index in [1.165, 1.54) is 24.3 Å². The van der Waals surface area contributed by atoms with Gasteiger partial charge in [-0.3, -0.25) is 9.59 Å². The van der Waals surface area contributed by atoms with Crippen LogP contribution in [0.4, 0.5) is 5.69 Å². The number of carbonyl (C=O) groups excluding carboxylic acids is 2. The van der Waals surface area contributed by atoms with Crippen LogP contribution < -0.4 is 10.0 Å². The summed E-state index contributed by atoms with van der Waals surface area (Å²) in [5, 5.41) is 3.74. The fraction of sp³-hybridized carbons (Fsp3) is 0.111. The summed E-state index contributed by atoms with van der Waals surface area (Å²) >= 11 is 3.42. The van der Waals surface area contributed by atoms with Gasteiger partial charge in [-0.2, -0.15) is 0 Å². The molecule has 3 rings (SSSR count). The lowest BCUT2D eigenvalue weighted by Crippen LogP contribution is -2.28. The molecule has 0 aliphatic rings. The first-order valence-electron chi connectivity index (χ1n) is 7.92. The summed E-state index contributed by atoms with van der Waals surface area (Å²) in [6.45, 7) is 1.24. The fourth-order valence-corrected chi connectivity index (χ4v) is 4.00. The van der Waals surface area contributed by atoms with E-state index in [0.717, 1.165) is 22.3 Å². The number of aromatic nitrogens is 1. The van der Waals surface area contributed by atoms with E-state index in [-0.39, 0.29) is 17.3 Å². The van der Waals surface area contributed by atoms with E-state index < -0.39 is 15.9 Å². The minimum atomic E-state index is -3.89. The summed E-state index contributed by atoms with van der Waals surface area (Å²) in [4.78, 5) is 23.2. The Labute approximate surface area is 164 Å². The number of fused-ring (bicyclic) bond motifs is 1. The molecule has 0 atom stereocenters. The molecule has 0 aliphatic heterocycles. The Morgan fingerprint density at radius 3 is 2.44 bits per heavy atom. The third-order valence-electron chi connectivity index (χ3n) is 3.77. The normalized spacial score (nSPS) is 11.3. The zero-order valence-corrected chi connectivity index (χ0v) is 16.7. The van der Waals surface area contributed by atoms with Gasteiger partial charge in [0.05, 0.1) is 4.90 Å². The Morgan fingerprint density at radius 1 is 1.07 bits per heavy atom. The first-order valence-corrected chi connectivity index (χ1v) is 10.2. The monoisotopic (exact) mass is 449 g/mol. The van der Waals surface area contributed by atoms with Crippen molar-refractivity contribution in [3.8, 4) is 0 Å². The number of amides is 2. The zero-order valence-electron chi connectivity index (χ0n) is 14.3. The van der Waals surface area contributed by atoms with Crippen molar-refractivity contribution in [1.82, 2.24) is 9.29 Å². The largest absolute Gasteiger partial charge is 0.338 e. The first kappa shape index (κ1) is 19.1. The Balaban J connectivity index is 1.70. The van der Waals surface area contributed by atoms with Gasteiger partial charge in [0, 0.05) is 34.2 Å². The Morgan fingerprint density at radius 2 is 1.78 bits per heavy atom. The van der Waals surface area contributed by atoms with Gasteiger partial charge in [0.1, 0.15) is 6.54 Å². The molecule has 140 valence electrons. The summed E-state index contributed by atoms with van der Waals surface area (Å²) in [6.07, 6.45) is 1.83. The molecule has 9 heteroatoms. The Hall–Kier alpha value is -2.65. The molecule has 7 nitrogen and oxygen atoms in total. The molecule has 2 aromatic carbocycles. The molecule has 0 fully saturated rings. The number of nitrogens with zero attached hydrogens (tertiary/aromatic N) is 1. The van der Waals surface area contributed by atoms with Crippen molar-refractivity contribution in [3.63, 3.8) is 0 Å². The topological polar surface area (TPSA) is 97.3 Å². The van der Waals surface area contributed by atoms with Gasteiger partial charge in [-0.15, -0.1) is 0 Å². The number of halogens is 1. The van der Waals surface area contributed by atoms with Crippen molar-refractivity contribution >= 4 is 54.4 Å². The number of rotatable bonds is 5. The summed E-state index contributed by atoms with van der Waals surface area (Å²) in [7, 11) is -3.89. The lowest BCUT2D eigenvalue weighted by Gasteiger charge is -2.09. The fourth-order valence-electron chi connectivity index (χ4n) is 2.63. The van der Waals surface area contributed by atoms with Gasteiger partial charge in [-0.05, 0) is 48.5 Å². The molecule has 0 spiro atoms. The number of hydrogen-bond acceptors (Lipinski definition) is 4. The van der Waals surface area contributed by atoms with Crippen molar-refractivity contribution in [2.75, 3.05) is 5.32 Å². The minimum Gasteiger partial charge on any atom is -0.338 e. The van der Waals surface area contributed by atoms with Crippen LogP contribution in [0.1, 0.15) is 6.92 Å². The highest BCUT2D eigenvalue weighted by molar-refractivity contribution is 9.10. The minimum absolute atomic E-state index is 0.0577. The van der Waals surface area contributed by atoms with E-state index in [9.17, 15) is 18.0 Å². The van der Waals surface area contributed by atoms with Gasteiger partial charge >= 0.3 is 0 Å². The smallest absolute Gasteiger partial charge is 0.264 e. The van der Waals surface area contributed by atoms with Crippen LogP contribution in [0, 0.1) is 0 Å². The van der Waals surface area contributed by atoms with Gasteiger partial charge in [-0.25, -0.2) is 13.1 Å². The quantitative estimate of drug-likeness (QED) is 0.625. The molecule has 2 N–H and O–H groups in total. The van der Waals surface area contributed by atoms with Crippen LogP contribution in [0.5, 0.6) is 0 Å². The first-order chi connectivity index (χ1) is 12.7. The third kappa shape index (κ3) is 4.55. The molecule has 1 aromatic heterocycles. The second-order valence-corrected chi connectivity index (χ2v) is 8.48. The summed E-state index contributed by atoms with van der Waals surface area (Å²) in [6, 6.07) is 13.3. The van der Waals surface area contributed by atoms with E-state index >= 15 is 0 Å². The van der Waals surface area contributed by atoms with E-state index in [4.69, 9.17) is 0 Å².